The summed E-state index contributed by atoms with van der Waals surface area (Å²) in [6.07, 6.45) is 58.1. The third-order valence-electron chi connectivity index (χ3n) is 7.50. The summed E-state index contributed by atoms with van der Waals surface area (Å²) >= 11 is 0. The van der Waals surface area contributed by atoms with Crippen LogP contribution in [-0.2, 0) is 14.3 Å². The normalized spacial score (nSPS) is 13.5. The van der Waals surface area contributed by atoms with E-state index in [9.17, 15) is 9.59 Å². The molecule has 4 heteroatoms. The van der Waals surface area contributed by atoms with Gasteiger partial charge in [-0.15, -0.1) is 0 Å². The summed E-state index contributed by atoms with van der Waals surface area (Å²) < 4.78 is 5.92. The lowest BCUT2D eigenvalue weighted by molar-refractivity contribution is -0.149. The van der Waals surface area contributed by atoms with Gasteiger partial charge in [0.1, 0.15) is 6.10 Å². The van der Waals surface area contributed by atoms with E-state index in [4.69, 9.17) is 9.84 Å². The molecule has 0 aromatic carbocycles. The summed E-state index contributed by atoms with van der Waals surface area (Å²) in [6, 6.07) is 0. The van der Waals surface area contributed by atoms with Crippen molar-refractivity contribution in [2.24, 2.45) is 0 Å². The zero-order valence-electron chi connectivity index (χ0n) is 30.5. The van der Waals surface area contributed by atoms with Gasteiger partial charge >= 0.3 is 11.9 Å². The molecule has 0 radical (unpaired) electrons. The number of ether oxygens (including phenoxy) is 1. The summed E-state index contributed by atoms with van der Waals surface area (Å²) in [4.78, 5) is 23.3. The standard InChI is InChI=1S/C44H68O4/c1-3-5-7-9-11-13-15-17-18-19-20-22-24-26-28-33-37-41-44(47)48-42(39-35-31-29-32-36-40-43(45)46)38-34-30-27-25-23-21-16-14-12-10-8-6-4-2/h5-8,11-14,17-18,20-23,26-28,30,42H,3-4,9-10,15-16,19,24-25,29,31-41H2,1-2H3,(H,45,46)/b7-5-,8-6-,13-11-,14-12-,18-17-,22-20-,23-21-,28-26-,30-27-. The number of hydrogen-bond acceptors (Lipinski definition) is 3. The van der Waals surface area contributed by atoms with Gasteiger partial charge in [-0.2, -0.15) is 0 Å². The van der Waals surface area contributed by atoms with Crippen LogP contribution in [0.15, 0.2) is 109 Å². The maximum atomic E-state index is 12.6. The molecule has 48 heavy (non-hydrogen) atoms. The molecule has 1 atom stereocenters. The second-order valence-corrected chi connectivity index (χ2v) is 12.0. The molecule has 0 bridgehead atoms. The van der Waals surface area contributed by atoms with Gasteiger partial charge in [-0.05, 0) is 103 Å². The predicted octanol–water partition coefficient (Wildman–Crippen LogP) is 13.2. The highest BCUT2D eigenvalue weighted by Crippen LogP contribution is 2.16. The Kier molecular flexibility index (Phi) is 35.4. The molecule has 0 aromatic heterocycles. The predicted molar refractivity (Wildman–Crippen MR) is 208 cm³/mol. The first-order chi connectivity index (χ1) is 23.6. The zero-order chi connectivity index (χ0) is 35.0. The van der Waals surface area contributed by atoms with Crippen molar-refractivity contribution >= 4 is 11.9 Å². The van der Waals surface area contributed by atoms with E-state index in [0.29, 0.717) is 6.42 Å². The Labute approximate surface area is 294 Å². The molecule has 1 unspecified atom stereocenters. The largest absolute Gasteiger partial charge is 0.481 e. The molecule has 0 amide bonds. The number of carbonyl (C=O) groups excluding carboxylic acids is 1. The van der Waals surface area contributed by atoms with Gasteiger partial charge in [0.05, 0.1) is 0 Å². The monoisotopic (exact) mass is 661 g/mol. The minimum absolute atomic E-state index is 0.0580. The molecule has 1 N–H and O–H groups in total. The minimum Gasteiger partial charge on any atom is -0.481 e. The van der Waals surface area contributed by atoms with Crippen molar-refractivity contribution in [3.63, 3.8) is 0 Å². The molecule has 4 nitrogen and oxygen atoms in total. The van der Waals surface area contributed by atoms with Crippen molar-refractivity contribution in [3.05, 3.63) is 109 Å². The van der Waals surface area contributed by atoms with Crippen molar-refractivity contribution < 1.29 is 19.4 Å². The van der Waals surface area contributed by atoms with Crippen molar-refractivity contribution in [2.75, 3.05) is 0 Å². The van der Waals surface area contributed by atoms with Crippen LogP contribution in [0.4, 0.5) is 0 Å². The SMILES string of the molecule is CC/C=C\C/C=C\C/C=C\C/C=C\C/C=C\CCCC(=O)OC(CC/C=C\C/C=C\C/C=C\C/C=C\CC)CCCCCCCC(=O)O. The van der Waals surface area contributed by atoms with E-state index in [1.54, 1.807) is 0 Å². The topological polar surface area (TPSA) is 63.6 Å². The van der Waals surface area contributed by atoms with Crippen molar-refractivity contribution in [3.8, 4) is 0 Å². The number of carboxylic acid groups (broad SMARTS) is 1. The Morgan fingerprint density at radius 3 is 1.31 bits per heavy atom. The minimum atomic E-state index is -0.723. The molecule has 0 aliphatic heterocycles. The lowest BCUT2D eigenvalue weighted by atomic mass is 10.0. The fourth-order valence-electron chi connectivity index (χ4n) is 4.80. The summed E-state index contributed by atoms with van der Waals surface area (Å²) in [5.41, 5.74) is 0. The number of hydrogen-bond donors (Lipinski definition) is 1. The summed E-state index contributed by atoms with van der Waals surface area (Å²) in [5.74, 6) is -0.821. The van der Waals surface area contributed by atoms with Gasteiger partial charge in [-0.25, -0.2) is 0 Å². The fraction of sp³-hybridized carbons (Fsp3) is 0.545. The molecular formula is C44H68O4. The van der Waals surface area contributed by atoms with E-state index in [1.165, 1.54) is 0 Å². The Balaban J connectivity index is 4.33. The first-order valence-electron chi connectivity index (χ1n) is 18.9. The van der Waals surface area contributed by atoms with Crippen LogP contribution in [0, 0.1) is 0 Å². The number of unbranched alkanes of at least 4 members (excludes halogenated alkanes) is 5. The van der Waals surface area contributed by atoms with Crippen LogP contribution in [0.2, 0.25) is 0 Å². The van der Waals surface area contributed by atoms with Crippen LogP contribution in [0.5, 0.6) is 0 Å². The van der Waals surface area contributed by atoms with Gasteiger partial charge in [0.25, 0.3) is 0 Å². The highest BCUT2D eigenvalue weighted by atomic mass is 16.5. The average Bonchev–Trinajstić information content (AvgIpc) is 3.07. The molecular weight excluding hydrogens is 592 g/mol. The van der Waals surface area contributed by atoms with Crippen molar-refractivity contribution in [2.45, 2.75) is 155 Å². The van der Waals surface area contributed by atoms with Gasteiger partial charge in [-0.1, -0.05) is 142 Å². The van der Waals surface area contributed by atoms with Gasteiger partial charge in [0.2, 0.25) is 0 Å². The Morgan fingerprint density at radius 1 is 0.458 bits per heavy atom. The Hall–Kier alpha value is -3.40. The molecule has 268 valence electrons. The van der Waals surface area contributed by atoms with E-state index in [0.717, 1.165) is 122 Å². The molecule has 0 saturated carbocycles. The molecule has 0 rings (SSSR count). The van der Waals surface area contributed by atoms with Crippen LogP contribution in [0.1, 0.15) is 149 Å². The van der Waals surface area contributed by atoms with Gasteiger partial charge in [0.15, 0.2) is 0 Å². The number of carboxylic acids is 1. The highest BCUT2D eigenvalue weighted by molar-refractivity contribution is 5.69. The second kappa shape index (κ2) is 38.1. The van der Waals surface area contributed by atoms with Gasteiger partial charge in [-0.3, -0.25) is 9.59 Å². The van der Waals surface area contributed by atoms with Crippen LogP contribution in [0.25, 0.3) is 0 Å². The Bertz CT molecular complexity index is 1020. The van der Waals surface area contributed by atoms with E-state index in [2.05, 4.69) is 123 Å². The van der Waals surface area contributed by atoms with Gasteiger partial charge in [0, 0.05) is 12.8 Å². The molecule has 0 saturated heterocycles. The lowest BCUT2D eigenvalue weighted by Gasteiger charge is -2.17. The first-order valence-corrected chi connectivity index (χ1v) is 18.9. The number of carbonyl (C=O) groups is 2. The third kappa shape index (κ3) is 37.1. The van der Waals surface area contributed by atoms with Crippen LogP contribution >= 0.6 is 0 Å². The second-order valence-electron chi connectivity index (χ2n) is 12.0. The van der Waals surface area contributed by atoms with E-state index in [1.807, 2.05) is 0 Å². The first kappa shape index (κ1) is 44.6. The molecule has 0 aliphatic carbocycles. The Morgan fingerprint density at radius 2 is 0.854 bits per heavy atom. The molecule has 0 aliphatic rings. The number of rotatable bonds is 32. The van der Waals surface area contributed by atoms with Crippen molar-refractivity contribution in [1.29, 1.82) is 0 Å². The molecule has 0 spiro atoms. The van der Waals surface area contributed by atoms with Crippen LogP contribution < -0.4 is 0 Å². The molecule has 0 aromatic rings. The number of aliphatic carboxylic acids is 1. The highest BCUT2D eigenvalue weighted by Gasteiger charge is 2.13. The zero-order valence-corrected chi connectivity index (χ0v) is 30.5. The number of esters is 1. The van der Waals surface area contributed by atoms with Crippen LogP contribution in [0.3, 0.4) is 0 Å². The summed E-state index contributed by atoms with van der Waals surface area (Å²) in [6.45, 7) is 4.30. The van der Waals surface area contributed by atoms with E-state index in [-0.39, 0.29) is 18.5 Å². The maximum Gasteiger partial charge on any atom is 0.306 e. The summed E-state index contributed by atoms with van der Waals surface area (Å²) in [5, 5.41) is 8.81. The van der Waals surface area contributed by atoms with Crippen molar-refractivity contribution in [1.82, 2.24) is 0 Å². The lowest BCUT2D eigenvalue weighted by Crippen LogP contribution is -2.18. The average molecular weight is 661 g/mol. The third-order valence-corrected chi connectivity index (χ3v) is 7.50. The van der Waals surface area contributed by atoms with Gasteiger partial charge < -0.3 is 9.84 Å². The number of allylic oxidation sites excluding steroid dienone is 18. The summed E-state index contributed by atoms with van der Waals surface area (Å²) in [7, 11) is 0. The van der Waals surface area contributed by atoms with E-state index < -0.39 is 5.97 Å². The quantitative estimate of drug-likeness (QED) is 0.0443. The van der Waals surface area contributed by atoms with E-state index >= 15 is 0 Å². The smallest absolute Gasteiger partial charge is 0.306 e. The maximum absolute atomic E-state index is 12.6. The molecule has 0 fully saturated rings. The molecule has 0 heterocycles. The fourth-order valence-corrected chi connectivity index (χ4v) is 4.80. The van der Waals surface area contributed by atoms with Crippen LogP contribution in [-0.4, -0.2) is 23.1 Å².